The molecule has 1 heterocycles. The molecule has 0 spiro atoms. The van der Waals surface area contributed by atoms with Crippen molar-refractivity contribution >= 4 is 35.8 Å². The lowest BCUT2D eigenvalue weighted by Crippen LogP contribution is -2.65. The molecule has 5 atom stereocenters. The fourth-order valence-corrected chi connectivity index (χ4v) is 3.15. The van der Waals surface area contributed by atoms with Gasteiger partial charge in [-0.25, -0.2) is 9.59 Å². The summed E-state index contributed by atoms with van der Waals surface area (Å²) >= 11 is 0. The Kier molecular flexibility index (Phi) is 12.4. The average molecular weight is 517 g/mol. The Morgan fingerprint density at radius 1 is 0.694 bits per heavy atom. The molecular formula is C22H31NO13. The molecule has 36 heavy (non-hydrogen) atoms. The van der Waals surface area contributed by atoms with Gasteiger partial charge in [0.25, 0.3) is 0 Å². The summed E-state index contributed by atoms with van der Waals surface area (Å²) < 4.78 is 36.4. The van der Waals surface area contributed by atoms with Crippen molar-refractivity contribution in [3.63, 3.8) is 0 Å². The van der Waals surface area contributed by atoms with E-state index in [2.05, 4.69) is 5.32 Å². The van der Waals surface area contributed by atoms with Crippen molar-refractivity contribution in [2.45, 2.75) is 72.2 Å². The summed E-state index contributed by atoms with van der Waals surface area (Å²) in [5.41, 5.74) is -0.536. The van der Waals surface area contributed by atoms with Crippen LogP contribution >= 0.6 is 0 Å². The zero-order valence-corrected chi connectivity index (χ0v) is 20.9. The highest BCUT2D eigenvalue weighted by Crippen LogP contribution is 2.28. The first-order chi connectivity index (χ1) is 16.9. The molecule has 0 aromatic carbocycles. The second-order valence-corrected chi connectivity index (χ2v) is 7.29. The minimum absolute atomic E-state index is 0.0331. The average Bonchev–Trinajstić information content (AvgIpc) is 2.75. The van der Waals surface area contributed by atoms with Crippen LogP contribution in [0, 0.1) is 0 Å². The lowest BCUT2D eigenvalue weighted by atomic mass is 9.97. The van der Waals surface area contributed by atoms with Crippen LogP contribution in [0.2, 0.25) is 0 Å². The first-order valence-electron chi connectivity index (χ1n) is 11.0. The molecule has 0 bridgehead atoms. The Labute approximate surface area is 207 Å². The molecule has 0 aromatic rings. The van der Waals surface area contributed by atoms with Crippen LogP contribution < -0.4 is 5.32 Å². The van der Waals surface area contributed by atoms with Crippen molar-refractivity contribution in [1.29, 1.82) is 0 Å². The topological polar surface area (TPSA) is 179 Å². The van der Waals surface area contributed by atoms with E-state index >= 15 is 0 Å². The molecule has 0 unspecified atom stereocenters. The monoisotopic (exact) mass is 517 g/mol. The van der Waals surface area contributed by atoms with E-state index < -0.39 is 78.6 Å². The van der Waals surface area contributed by atoms with E-state index in [0.717, 1.165) is 33.9 Å². The smallest absolute Gasteiger partial charge is 0.347 e. The van der Waals surface area contributed by atoms with E-state index in [1.165, 1.54) is 13.8 Å². The van der Waals surface area contributed by atoms with Crippen molar-refractivity contribution in [2.24, 2.45) is 0 Å². The van der Waals surface area contributed by atoms with E-state index in [-0.39, 0.29) is 13.2 Å². The Balaban J connectivity index is 3.49. The highest BCUT2D eigenvalue weighted by Gasteiger charge is 2.52. The lowest BCUT2D eigenvalue weighted by molar-refractivity contribution is -0.255. The van der Waals surface area contributed by atoms with Crippen LogP contribution in [0.1, 0.15) is 41.5 Å². The summed E-state index contributed by atoms with van der Waals surface area (Å²) in [4.78, 5) is 71.4. The fraction of sp³-hybridized carbons (Fsp3) is 0.636. The maximum Gasteiger partial charge on any atom is 0.347 e. The summed E-state index contributed by atoms with van der Waals surface area (Å²) in [5, 5.41) is 2.62. The van der Waals surface area contributed by atoms with Crippen LogP contribution in [0.15, 0.2) is 11.8 Å². The molecule has 14 heteroatoms. The molecule has 1 aliphatic heterocycles. The SMILES string of the molecule is CCOC(=O)C(=CN[C@@H]1O[C@H](COC(C)=O)[C@@H](OC(C)=O)[C@H](OC(C)=O)[C@H]1OC(C)=O)C(=O)OCC. The highest BCUT2D eigenvalue weighted by molar-refractivity contribution is 6.13. The van der Waals surface area contributed by atoms with Crippen LogP contribution in [0.4, 0.5) is 0 Å². The van der Waals surface area contributed by atoms with Crippen LogP contribution in [0.5, 0.6) is 0 Å². The summed E-state index contributed by atoms with van der Waals surface area (Å²) in [5.74, 6) is -5.10. The molecule has 0 aromatic heterocycles. The third-order valence-electron chi connectivity index (χ3n) is 4.37. The van der Waals surface area contributed by atoms with Gasteiger partial charge in [0, 0.05) is 33.9 Å². The third-order valence-corrected chi connectivity index (χ3v) is 4.37. The molecule has 0 saturated carbocycles. The quantitative estimate of drug-likeness (QED) is 0.124. The maximum atomic E-state index is 12.3. The van der Waals surface area contributed by atoms with E-state index in [0.29, 0.717) is 0 Å². The number of ether oxygens (including phenoxy) is 7. The van der Waals surface area contributed by atoms with Crippen molar-refractivity contribution in [3.8, 4) is 0 Å². The van der Waals surface area contributed by atoms with Gasteiger partial charge in [0.2, 0.25) is 0 Å². The van der Waals surface area contributed by atoms with Gasteiger partial charge in [-0.3, -0.25) is 19.2 Å². The van der Waals surface area contributed by atoms with E-state index in [1.54, 1.807) is 0 Å². The normalized spacial score (nSPS) is 22.8. The van der Waals surface area contributed by atoms with Crippen molar-refractivity contribution in [1.82, 2.24) is 5.32 Å². The molecule has 1 saturated heterocycles. The first kappa shape index (κ1) is 30.4. The van der Waals surface area contributed by atoms with Crippen molar-refractivity contribution in [3.05, 3.63) is 11.8 Å². The summed E-state index contributed by atoms with van der Waals surface area (Å²) in [6.07, 6.45) is -5.89. The lowest BCUT2D eigenvalue weighted by Gasteiger charge is -2.44. The first-order valence-corrected chi connectivity index (χ1v) is 11.0. The maximum absolute atomic E-state index is 12.3. The van der Waals surface area contributed by atoms with Gasteiger partial charge in [-0.2, -0.15) is 0 Å². The van der Waals surface area contributed by atoms with Gasteiger partial charge in [-0.1, -0.05) is 0 Å². The zero-order chi connectivity index (χ0) is 27.4. The minimum atomic E-state index is -1.44. The third kappa shape index (κ3) is 9.52. The van der Waals surface area contributed by atoms with Crippen LogP contribution in [0.3, 0.4) is 0 Å². The van der Waals surface area contributed by atoms with Gasteiger partial charge in [0.05, 0.1) is 13.2 Å². The van der Waals surface area contributed by atoms with Gasteiger partial charge in [-0.05, 0) is 13.8 Å². The Bertz CT molecular complexity index is 848. The second kappa shape index (κ2) is 14.7. The number of esters is 6. The predicted octanol–water partition coefficient (Wildman–Crippen LogP) is -0.331. The molecule has 1 aliphatic rings. The summed E-state index contributed by atoms with van der Waals surface area (Å²) in [6, 6.07) is 0. The highest BCUT2D eigenvalue weighted by atomic mass is 16.7. The minimum Gasteiger partial charge on any atom is -0.463 e. The van der Waals surface area contributed by atoms with E-state index in [1.807, 2.05) is 0 Å². The van der Waals surface area contributed by atoms with Gasteiger partial charge in [0.15, 0.2) is 30.1 Å². The number of rotatable bonds is 11. The Hall–Kier alpha value is -3.68. The molecule has 14 nitrogen and oxygen atoms in total. The molecule has 0 aliphatic carbocycles. The van der Waals surface area contributed by atoms with Crippen molar-refractivity contribution < 1.29 is 61.9 Å². The van der Waals surface area contributed by atoms with Gasteiger partial charge >= 0.3 is 35.8 Å². The Morgan fingerprint density at radius 2 is 1.17 bits per heavy atom. The molecular weight excluding hydrogens is 486 g/mol. The molecule has 0 amide bonds. The number of hydrogen-bond donors (Lipinski definition) is 1. The zero-order valence-electron chi connectivity index (χ0n) is 20.9. The van der Waals surface area contributed by atoms with Crippen LogP contribution in [0.25, 0.3) is 0 Å². The largest absolute Gasteiger partial charge is 0.463 e. The van der Waals surface area contributed by atoms with Crippen LogP contribution in [-0.4, -0.2) is 86.3 Å². The van der Waals surface area contributed by atoms with E-state index in [9.17, 15) is 28.8 Å². The standard InChI is InChI=1S/C22H31NO13/c1-7-30-21(28)15(22(29)31-8-2)9-23-20-19(35-14(6)27)18(34-13(5)26)17(33-12(4)25)16(36-20)10-32-11(3)24/h9,16-20,23H,7-8,10H2,1-6H3/t16-,17-,18+,19-,20-/m1/s1. The number of carbonyl (C=O) groups excluding carboxylic acids is 6. The summed E-state index contributed by atoms with van der Waals surface area (Å²) in [6.45, 7) is 6.94. The van der Waals surface area contributed by atoms with Gasteiger partial charge < -0.3 is 38.5 Å². The van der Waals surface area contributed by atoms with Gasteiger partial charge in [-0.15, -0.1) is 0 Å². The van der Waals surface area contributed by atoms with Gasteiger partial charge in [0.1, 0.15) is 12.7 Å². The Morgan fingerprint density at radius 3 is 1.61 bits per heavy atom. The molecule has 202 valence electrons. The van der Waals surface area contributed by atoms with Crippen molar-refractivity contribution in [2.75, 3.05) is 19.8 Å². The molecule has 1 rings (SSSR count). The number of carbonyl (C=O) groups is 6. The fourth-order valence-electron chi connectivity index (χ4n) is 3.15. The van der Waals surface area contributed by atoms with Crippen LogP contribution in [-0.2, 0) is 61.9 Å². The second-order valence-electron chi connectivity index (χ2n) is 7.29. The molecule has 0 radical (unpaired) electrons. The number of nitrogens with one attached hydrogen (secondary N) is 1. The molecule has 1 N–H and O–H groups in total. The number of hydrogen-bond acceptors (Lipinski definition) is 14. The predicted molar refractivity (Wildman–Crippen MR) is 116 cm³/mol. The van der Waals surface area contributed by atoms with E-state index in [4.69, 9.17) is 33.2 Å². The molecule has 1 fully saturated rings. The summed E-state index contributed by atoms with van der Waals surface area (Å²) in [7, 11) is 0.